The quantitative estimate of drug-likeness (QED) is 0.461. The average Bonchev–Trinajstić information content (AvgIpc) is 2.39. The molecule has 0 saturated heterocycles. The van der Waals surface area contributed by atoms with Gasteiger partial charge in [0, 0.05) is 0 Å². The fourth-order valence-corrected chi connectivity index (χ4v) is 0.670. The summed E-state index contributed by atoms with van der Waals surface area (Å²) in [6, 6.07) is 0. The Balaban J connectivity index is 0.000000236. The first-order valence-corrected chi connectivity index (χ1v) is 7.25. The zero-order valence-corrected chi connectivity index (χ0v) is 8.63. The van der Waals surface area contributed by atoms with Gasteiger partial charge in [-0.2, -0.15) is 6.42 Å². The standard InChI is InChI=1S/C7H9.2ClH.Ti/c1-2-7-5-3-4-6-7;;;/h3-7H,1-2H2;2*1H;/q-1;;;+2/p-2. The molecule has 0 bridgehead atoms. The summed E-state index contributed by atoms with van der Waals surface area (Å²) in [6.45, 7) is 3.77. The van der Waals surface area contributed by atoms with Crippen LogP contribution in [0.15, 0.2) is 24.3 Å². The molecule has 3 heteroatoms. The second kappa shape index (κ2) is 7.88. The molecule has 0 aliphatic heterocycles. The van der Waals surface area contributed by atoms with E-state index in [0.717, 1.165) is 6.42 Å². The monoisotopic (exact) mass is 211 g/mol. The molecule has 0 heterocycles. The Labute approximate surface area is 79.0 Å². The van der Waals surface area contributed by atoms with Gasteiger partial charge in [-0.05, 0) is 5.92 Å². The minimum atomic E-state index is -0.556. The molecule has 0 aromatic carbocycles. The summed E-state index contributed by atoms with van der Waals surface area (Å²) >= 11 is -0.556. The molecule has 0 aromatic heterocycles. The van der Waals surface area contributed by atoms with Crippen LogP contribution in [0.3, 0.4) is 0 Å². The van der Waals surface area contributed by atoms with Gasteiger partial charge in [0.2, 0.25) is 0 Å². The number of hydrogen-bond acceptors (Lipinski definition) is 0. The normalized spacial score (nSPS) is 14.7. The fourth-order valence-electron chi connectivity index (χ4n) is 0.670. The van der Waals surface area contributed by atoms with E-state index in [1.54, 1.807) is 0 Å². The van der Waals surface area contributed by atoms with Crippen LogP contribution in [0.2, 0.25) is 0 Å². The third kappa shape index (κ3) is 5.55. The molecule has 10 heavy (non-hydrogen) atoms. The predicted octanol–water partition coefficient (Wildman–Crippen LogP) is 3.33. The van der Waals surface area contributed by atoms with Crippen LogP contribution in [-0.2, 0) is 17.0 Å². The SMILES string of the molecule is [CH2-]CC1C=CC=C1.[Cl][Ti][Cl]. The van der Waals surface area contributed by atoms with Crippen molar-refractivity contribution in [2.45, 2.75) is 6.42 Å². The molecular weight excluding hydrogens is 203 g/mol. The molecule has 1 aliphatic carbocycles. The minimum absolute atomic E-state index is 0.556. The number of allylic oxidation sites excluding steroid dienone is 4. The number of rotatable bonds is 1. The van der Waals surface area contributed by atoms with E-state index < -0.39 is 17.0 Å². The van der Waals surface area contributed by atoms with Crippen LogP contribution in [0.1, 0.15) is 6.42 Å². The van der Waals surface area contributed by atoms with Crippen LogP contribution < -0.4 is 0 Å². The van der Waals surface area contributed by atoms with Gasteiger partial charge in [0.25, 0.3) is 0 Å². The van der Waals surface area contributed by atoms with Crippen molar-refractivity contribution in [1.82, 2.24) is 0 Å². The van der Waals surface area contributed by atoms with Gasteiger partial charge in [0.1, 0.15) is 0 Å². The molecule has 0 unspecified atom stereocenters. The van der Waals surface area contributed by atoms with Crippen molar-refractivity contribution >= 4 is 18.6 Å². The van der Waals surface area contributed by atoms with E-state index in [9.17, 15) is 0 Å². The zero-order chi connectivity index (χ0) is 7.82. The van der Waals surface area contributed by atoms with Crippen molar-refractivity contribution in [1.29, 1.82) is 0 Å². The van der Waals surface area contributed by atoms with Crippen LogP contribution in [0, 0.1) is 12.8 Å². The molecule has 1 rings (SSSR count). The van der Waals surface area contributed by atoms with Gasteiger partial charge in [-0.1, -0.05) is 24.3 Å². The Morgan fingerprint density at radius 2 is 1.70 bits per heavy atom. The van der Waals surface area contributed by atoms with Crippen LogP contribution in [0.25, 0.3) is 0 Å². The Hall–Kier alpha value is 0.774. The molecule has 0 N–H and O–H groups in total. The molecule has 0 fully saturated rings. The van der Waals surface area contributed by atoms with E-state index >= 15 is 0 Å². The first kappa shape index (κ1) is 10.8. The summed E-state index contributed by atoms with van der Waals surface area (Å²) in [5.41, 5.74) is 0. The van der Waals surface area contributed by atoms with Crippen molar-refractivity contribution < 1.29 is 17.0 Å². The molecular formula is C7H9Cl2Ti-. The van der Waals surface area contributed by atoms with E-state index in [2.05, 4.69) is 31.2 Å². The van der Waals surface area contributed by atoms with Gasteiger partial charge < -0.3 is 6.92 Å². The predicted molar refractivity (Wildman–Crippen MR) is 43.5 cm³/mol. The molecule has 0 radical (unpaired) electrons. The number of hydrogen-bond donors (Lipinski definition) is 0. The van der Waals surface area contributed by atoms with Gasteiger partial charge in [-0.15, -0.1) is 0 Å². The van der Waals surface area contributed by atoms with Crippen LogP contribution in [0.5, 0.6) is 0 Å². The van der Waals surface area contributed by atoms with Gasteiger partial charge in [0.05, 0.1) is 0 Å². The van der Waals surface area contributed by atoms with Crippen molar-refractivity contribution in [3.8, 4) is 0 Å². The second-order valence-corrected chi connectivity index (χ2v) is 4.37. The summed E-state index contributed by atoms with van der Waals surface area (Å²) < 4.78 is 0. The molecule has 0 amide bonds. The van der Waals surface area contributed by atoms with E-state index in [1.165, 1.54) is 0 Å². The Kier molecular flexibility index (Phi) is 8.49. The van der Waals surface area contributed by atoms with Crippen molar-refractivity contribution in [3.05, 3.63) is 31.2 Å². The van der Waals surface area contributed by atoms with Gasteiger partial charge in [-0.3, -0.25) is 0 Å². The summed E-state index contributed by atoms with van der Waals surface area (Å²) in [6.07, 6.45) is 9.44. The van der Waals surface area contributed by atoms with Crippen LogP contribution in [-0.4, -0.2) is 0 Å². The maximum atomic E-state index is 4.89. The Morgan fingerprint density at radius 3 is 1.90 bits per heavy atom. The van der Waals surface area contributed by atoms with Crippen LogP contribution >= 0.6 is 18.6 Å². The second-order valence-electron chi connectivity index (χ2n) is 1.79. The molecule has 0 saturated carbocycles. The van der Waals surface area contributed by atoms with E-state index in [0.29, 0.717) is 5.92 Å². The Morgan fingerprint density at radius 1 is 1.30 bits per heavy atom. The average molecular weight is 212 g/mol. The molecule has 56 valence electrons. The first-order valence-electron chi connectivity index (χ1n) is 2.95. The van der Waals surface area contributed by atoms with Gasteiger partial charge in [-0.25, -0.2) is 0 Å². The van der Waals surface area contributed by atoms with Gasteiger partial charge >= 0.3 is 35.6 Å². The van der Waals surface area contributed by atoms with Gasteiger partial charge in [0.15, 0.2) is 0 Å². The fraction of sp³-hybridized carbons (Fsp3) is 0.286. The van der Waals surface area contributed by atoms with E-state index in [1.807, 2.05) is 0 Å². The molecule has 1 aliphatic rings. The van der Waals surface area contributed by atoms with Crippen molar-refractivity contribution in [2.75, 3.05) is 0 Å². The Bertz CT molecular complexity index is 109. The molecule has 0 nitrogen and oxygen atoms in total. The third-order valence-electron chi connectivity index (χ3n) is 1.16. The van der Waals surface area contributed by atoms with E-state index in [-0.39, 0.29) is 0 Å². The first-order chi connectivity index (χ1) is 4.85. The summed E-state index contributed by atoms with van der Waals surface area (Å²) in [7, 11) is 9.78. The zero-order valence-electron chi connectivity index (χ0n) is 5.56. The summed E-state index contributed by atoms with van der Waals surface area (Å²) in [4.78, 5) is 0. The topological polar surface area (TPSA) is 0 Å². The van der Waals surface area contributed by atoms with Crippen molar-refractivity contribution in [3.63, 3.8) is 0 Å². The summed E-state index contributed by atoms with van der Waals surface area (Å²) in [5, 5.41) is 0. The van der Waals surface area contributed by atoms with Crippen molar-refractivity contribution in [2.24, 2.45) is 5.92 Å². The molecule has 0 spiro atoms. The van der Waals surface area contributed by atoms with Crippen LogP contribution in [0.4, 0.5) is 0 Å². The molecule has 0 atom stereocenters. The van der Waals surface area contributed by atoms with E-state index in [4.69, 9.17) is 18.6 Å². The molecule has 0 aromatic rings. The maximum absolute atomic E-state index is 4.89. The number of halogens is 2. The third-order valence-corrected chi connectivity index (χ3v) is 1.16. The summed E-state index contributed by atoms with van der Waals surface area (Å²) in [5.74, 6) is 0.625.